The zero-order chi connectivity index (χ0) is 21.9. The molecular weight excluding hydrogens is 512 g/mol. The Hall–Kier alpha value is -2.27. The number of rotatable bonds is 1. The molecule has 1 saturated heterocycles. The third kappa shape index (κ3) is 5.63. The van der Waals surface area contributed by atoms with Crippen LogP contribution in [-0.4, -0.2) is 37.1 Å². The molecule has 0 atom stereocenters. The van der Waals surface area contributed by atoms with E-state index >= 15 is 0 Å². The van der Waals surface area contributed by atoms with Crippen LogP contribution in [0.2, 0.25) is 0 Å². The van der Waals surface area contributed by atoms with Gasteiger partial charge in [-0.15, -0.1) is 0 Å². The first-order valence-corrected chi connectivity index (χ1v) is 10.1. The van der Waals surface area contributed by atoms with E-state index in [-0.39, 0.29) is 17.4 Å². The van der Waals surface area contributed by atoms with Crippen molar-refractivity contribution in [2.24, 2.45) is 0 Å². The Bertz CT molecular complexity index is 1010. The van der Waals surface area contributed by atoms with Gasteiger partial charge in [-0.05, 0) is 49.7 Å². The van der Waals surface area contributed by atoms with Crippen molar-refractivity contribution in [2.45, 2.75) is 46.1 Å². The van der Waals surface area contributed by atoms with Crippen LogP contribution in [0, 0.1) is 6.92 Å². The Balaban J connectivity index is 0.000000313. The van der Waals surface area contributed by atoms with Gasteiger partial charge in [0.15, 0.2) is 0 Å². The van der Waals surface area contributed by atoms with Crippen LogP contribution in [-0.2, 0) is 14.3 Å². The Labute approximate surface area is 183 Å². The van der Waals surface area contributed by atoms with Crippen LogP contribution in [0.1, 0.15) is 39.3 Å². The van der Waals surface area contributed by atoms with Crippen LogP contribution >= 0.6 is 32.1 Å². The maximum Gasteiger partial charge on any atom is 0.427 e. The van der Waals surface area contributed by atoms with Crippen LogP contribution in [0.25, 0.3) is 10.8 Å². The second kappa shape index (κ2) is 9.04. The average molecular weight is 532 g/mol. The quantitative estimate of drug-likeness (QED) is 0.446. The van der Waals surface area contributed by atoms with Crippen molar-refractivity contribution in [1.82, 2.24) is 13.6 Å². The second-order valence-electron chi connectivity index (χ2n) is 7.14. The van der Waals surface area contributed by atoms with Gasteiger partial charge in [-0.2, -0.15) is 0 Å². The molecule has 1 aliphatic heterocycles. The number of imide groups is 1. The summed E-state index contributed by atoms with van der Waals surface area (Å²) in [5, 5.41) is 1.15. The maximum absolute atomic E-state index is 12.4. The minimum atomic E-state index is -0.692. The molecule has 0 spiro atoms. The van der Waals surface area contributed by atoms with E-state index in [9.17, 15) is 19.2 Å². The van der Waals surface area contributed by atoms with Crippen LogP contribution in [0.15, 0.2) is 27.7 Å². The zero-order valence-corrected chi connectivity index (χ0v) is 19.5. The summed E-state index contributed by atoms with van der Waals surface area (Å²) < 4.78 is 8.02. The lowest BCUT2D eigenvalue weighted by atomic mass is 10.2. The van der Waals surface area contributed by atoms with Crippen molar-refractivity contribution in [3.8, 4) is 0 Å². The maximum atomic E-state index is 12.4. The Morgan fingerprint density at radius 1 is 1.17 bits per heavy atom. The Morgan fingerprint density at radius 2 is 1.76 bits per heavy atom. The molecule has 0 unspecified atom stereocenters. The molecule has 2 aromatic heterocycles. The number of carbonyl (C=O) groups is 3. The van der Waals surface area contributed by atoms with Gasteiger partial charge in [0.1, 0.15) is 5.60 Å². The summed E-state index contributed by atoms with van der Waals surface area (Å²) in [7, 11) is 0. The number of hydrogen-bond donors (Lipinski definition) is 1. The molecule has 1 aliphatic rings. The first-order chi connectivity index (χ1) is 13.4. The van der Waals surface area contributed by atoms with E-state index in [1.165, 1.54) is 6.20 Å². The van der Waals surface area contributed by atoms with Gasteiger partial charge in [-0.25, -0.2) is 18.8 Å². The predicted octanol–water partition coefficient (Wildman–Crippen LogP) is 3.39. The third-order valence-corrected chi connectivity index (χ3v) is 5.53. The van der Waals surface area contributed by atoms with E-state index in [1.54, 1.807) is 40.0 Å². The number of pyridine rings is 2. The van der Waals surface area contributed by atoms with Crippen LogP contribution in [0.4, 0.5) is 4.79 Å². The molecule has 3 amide bonds. The summed E-state index contributed by atoms with van der Waals surface area (Å²) in [5.41, 5.74) is 2.03. The lowest BCUT2D eigenvalue weighted by Crippen LogP contribution is -2.38. The molecule has 2 aromatic rings. The van der Waals surface area contributed by atoms with Crippen molar-refractivity contribution >= 4 is 60.8 Å². The predicted molar refractivity (Wildman–Crippen MR) is 114 cm³/mol. The number of fused-ring (bicyclic) bond motifs is 1. The molecule has 3 rings (SSSR count). The van der Waals surface area contributed by atoms with E-state index in [0.717, 1.165) is 18.5 Å². The molecule has 11 heteroatoms. The topological polar surface area (TPSA) is 111 Å². The van der Waals surface area contributed by atoms with Gasteiger partial charge in [0.2, 0.25) is 11.8 Å². The molecular formula is C18H20Br2N4O5. The first kappa shape index (κ1) is 23.0. The second-order valence-corrected chi connectivity index (χ2v) is 8.65. The molecule has 9 nitrogen and oxygen atoms in total. The van der Waals surface area contributed by atoms with Crippen molar-refractivity contribution in [1.29, 1.82) is 0 Å². The standard InChI is InChI=1S/C14H16BrN3O3.C4H4BrNO2/c1-8-11(15)9-5-6-16-7-10(9)12(19)18(8)17-13(20)21-14(2,3)4;5-6-3(7)1-2-4(6)8/h5-7H,1-4H3,(H,17,20);1-2H2. The average Bonchev–Trinajstić information content (AvgIpc) is 2.93. The van der Waals surface area contributed by atoms with Crippen molar-refractivity contribution in [3.05, 3.63) is 39.0 Å². The summed E-state index contributed by atoms with van der Waals surface area (Å²) in [6.07, 6.45) is 3.09. The monoisotopic (exact) mass is 530 g/mol. The van der Waals surface area contributed by atoms with Crippen LogP contribution < -0.4 is 11.0 Å². The van der Waals surface area contributed by atoms with E-state index in [0.29, 0.717) is 23.9 Å². The van der Waals surface area contributed by atoms with E-state index in [2.05, 4.69) is 42.5 Å². The highest BCUT2D eigenvalue weighted by atomic mass is 79.9. The Morgan fingerprint density at radius 3 is 2.24 bits per heavy atom. The highest BCUT2D eigenvalue weighted by Gasteiger charge is 2.26. The molecule has 29 heavy (non-hydrogen) atoms. The number of nitrogens with zero attached hydrogens (tertiary/aromatic N) is 3. The number of aromatic nitrogens is 2. The van der Waals surface area contributed by atoms with E-state index in [1.807, 2.05) is 0 Å². The molecule has 1 fully saturated rings. The minimum absolute atomic E-state index is 0.144. The lowest BCUT2D eigenvalue weighted by molar-refractivity contribution is -0.131. The number of nitrogens with one attached hydrogen (secondary N) is 1. The fourth-order valence-electron chi connectivity index (χ4n) is 2.40. The molecule has 0 saturated carbocycles. The lowest BCUT2D eigenvalue weighted by Gasteiger charge is -2.21. The molecule has 156 valence electrons. The summed E-state index contributed by atoms with van der Waals surface area (Å²) in [4.78, 5) is 49.1. The fraction of sp³-hybridized carbons (Fsp3) is 0.389. The summed E-state index contributed by atoms with van der Waals surface area (Å²) >= 11 is 6.24. The third-order valence-electron chi connectivity index (χ3n) is 3.74. The zero-order valence-electron chi connectivity index (χ0n) is 16.3. The highest BCUT2D eigenvalue weighted by molar-refractivity contribution is 9.10. The van der Waals surface area contributed by atoms with E-state index < -0.39 is 11.7 Å². The van der Waals surface area contributed by atoms with Gasteiger partial charge in [-0.3, -0.25) is 19.4 Å². The van der Waals surface area contributed by atoms with Crippen LogP contribution in [0.3, 0.4) is 0 Å². The smallest absolute Gasteiger partial charge is 0.427 e. The normalized spacial score (nSPS) is 13.9. The van der Waals surface area contributed by atoms with Crippen molar-refractivity contribution in [2.75, 3.05) is 5.43 Å². The van der Waals surface area contributed by atoms with Gasteiger partial charge in [0.25, 0.3) is 5.56 Å². The van der Waals surface area contributed by atoms with Crippen molar-refractivity contribution < 1.29 is 19.1 Å². The summed E-state index contributed by atoms with van der Waals surface area (Å²) in [6.45, 7) is 6.98. The fourth-order valence-corrected chi connectivity index (χ4v) is 3.28. The largest absolute Gasteiger partial charge is 0.443 e. The SMILES string of the molecule is Cc1c(Br)c2ccncc2c(=O)n1NC(=O)OC(C)(C)C.O=C1CCC(=O)N1Br. The van der Waals surface area contributed by atoms with Gasteiger partial charge < -0.3 is 4.74 Å². The molecule has 0 radical (unpaired) electrons. The first-order valence-electron chi connectivity index (χ1n) is 8.58. The van der Waals surface area contributed by atoms with Gasteiger partial charge >= 0.3 is 6.09 Å². The molecule has 0 aliphatic carbocycles. The summed E-state index contributed by atoms with van der Waals surface area (Å²) in [6, 6.07) is 1.74. The minimum Gasteiger partial charge on any atom is -0.443 e. The summed E-state index contributed by atoms with van der Waals surface area (Å²) in [5.74, 6) is -0.287. The van der Waals surface area contributed by atoms with E-state index in [4.69, 9.17) is 4.74 Å². The number of halogens is 2. The van der Waals surface area contributed by atoms with Crippen LogP contribution in [0.5, 0.6) is 0 Å². The number of hydrogen-bond acceptors (Lipinski definition) is 6. The Kier molecular flexibility index (Phi) is 7.17. The number of amides is 3. The van der Waals surface area contributed by atoms with Gasteiger partial charge in [0, 0.05) is 35.1 Å². The van der Waals surface area contributed by atoms with Crippen molar-refractivity contribution in [3.63, 3.8) is 0 Å². The number of carbonyl (C=O) groups excluding carboxylic acids is 3. The molecule has 3 heterocycles. The van der Waals surface area contributed by atoms with Gasteiger partial charge in [0.05, 0.1) is 27.2 Å². The van der Waals surface area contributed by atoms with Gasteiger partial charge in [-0.1, -0.05) is 0 Å². The molecule has 1 N–H and O–H groups in total. The molecule has 0 aromatic carbocycles. The highest BCUT2D eigenvalue weighted by Crippen LogP contribution is 2.23. The molecule has 0 bridgehead atoms. The number of ether oxygens (including phenoxy) is 1.